The fourth-order valence-electron chi connectivity index (χ4n) is 1.88. The van der Waals surface area contributed by atoms with Crippen molar-refractivity contribution in [2.24, 2.45) is 0 Å². The van der Waals surface area contributed by atoms with Crippen molar-refractivity contribution in [2.45, 2.75) is 18.9 Å². The molecule has 1 aliphatic carbocycles. The second-order valence-electron chi connectivity index (χ2n) is 4.00. The first-order valence-corrected chi connectivity index (χ1v) is 5.49. The highest BCUT2D eigenvalue weighted by Crippen LogP contribution is 2.32. The summed E-state index contributed by atoms with van der Waals surface area (Å²) < 4.78 is 1.29. The number of hydrogen-bond donors (Lipinski definition) is 1. The van der Waals surface area contributed by atoms with Gasteiger partial charge in [-0.2, -0.15) is 0 Å². The number of H-pyrrole nitrogens is 1. The summed E-state index contributed by atoms with van der Waals surface area (Å²) in [5.41, 5.74) is -0.187. The van der Waals surface area contributed by atoms with Gasteiger partial charge in [0, 0.05) is 6.04 Å². The lowest BCUT2D eigenvalue weighted by atomic mass is 10.2. The van der Waals surface area contributed by atoms with E-state index in [1.807, 2.05) is 0 Å². The third-order valence-corrected chi connectivity index (χ3v) is 3.14. The molecule has 3 rings (SSSR count). The maximum atomic E-state index is 12.1. The average molecular weight is 237 g/mol. The van der Waals surface area contributed by atoms with Crippen LogP contribution in [0.15, 0.2) is 27.8 Å². The quantitative estimate of drug-likeness (QED) is 0.819. The lowest BCUT2D eigenvalue weighted by Crippen LogP contribution is -2.34. The number of hydrogen-bond acceptors (Lipinski definition) is 2. The maximum absolute atomic E-state index is 12.1. The van der Waals surface area contributed by atoms with E-state index in [4.69, 9.17) is 11.6 Å². The van der Waals surface area contributed by atoms with Crippen LogP contribution in [-0.4, -0.2) is 9.55 Å². The number of rotatable bonds is 1. The van der Waals surface area contributed by atoms with Crippen LogP contribution in [0.3, 0.4) is 0 Å². The maximum Gasteiger partial charge on any atom is 0.329 e. The molecule has 1 aromatic heterocycles. The van der Waals surface area contributed by atoms with Gasteiger partial charge in [-0.3, -0.25) is 9.36 Å². The van der Waals surface area contributed by atoms with Crippen molar-refractivity contribution in [3.8, 4) is 0 Å². The lowest BCUT2D eigenvalue weighted by Gasteiger charge is -2.05. The summed E-state index contributed by atoms with van der Waals surface area (Å²) in [6.07, 6.45) is 1.80. The Kier molecular flexibility index (Phi) is 1.94. The third kappa shape index (κ3) is 1.30. The molecule has 2 aromatic rings. The summed E-state index contributed by atoms with van der Waals surface area (Å²) in [4.78, 5) is 26.5. The molecular weight excluding hydrogens is 228 g/mol. The molecule has 1 N–H and O–H groups in total. The van der Waals surface area contributed by atoms with Gasteiger partial charge in [0.25, 0.3) is 5.56 Å². The molecule has 0 spiro atoms. The van der Waals surface area contributed by atoms with Crippen molar-refractivity contribution in [3.05, 3.63) is 44.1 Å². The van der Waals surface area contributed by atoms with Gasteiger partial charge in [-0.1, -0.05) is 17.7 Å². The van der Waals surface area contributed by atoms with Crippen LogP contribution in [0.5, 0.6) is 0 Å². The van der Waals surface area contributed by atoms with Crippen molar-refractivity contribution in [2.75, 3.05) is 0 Å². The van der Waals surface area contributed by atoms with Gasteiger partial charge in [0.05, 0.1) is 15.9 Å². The number of halogens is 1. The second-order valence-corrected chi connectivity index (χ2v) is 4.41. The summed E-state index contributed by atoms with van der Waals surface area (Å²) in [7, 11) is 0. The number of nitrogens with one attached hydrogen (secondary N) is 1. The van der Waals surface area contributed by atoms with Crippen LogP contribution in [0.2, 0.25) is 5.02 Å². The van der Waals surface area contributed by atoms with E-state index in [-0.39, 0.29) is 17.3 Å². The second kappa shape index (κ2) is 3.22. The number of benzene rings is 1. The van der Waals surface area contributed by atoms with E-state index in [9.17, 15) is 9.59 Å². The monoisotopic (exact) mass is 236 g/mol. The molecule has 0 atom stereocenters. The average Bonchev–Trinajstić information content (AvgIpc) is 3.04. The van der Waals surface area contributed by atoms with Crippen molar-refractivity contribution in [1.29, 1.82) is 0 Å². The van der Waals surface area contributed by atoms with Gasteiger partial charge in [0.1, 0.15) is 0 Å². The summed E-state index contributed by atoms with van der Waals surface area (Å²) in [5.74, 6) is 0. The molecule has 1 aliphatic rings. The standard InChI is InChI=1S/C11H9ClN2O2/c12-8-3-1-2-7-9(8)13-11(16)14(10(7)15)6-4-5-6/h1-3,6H,4-5H2,(H,13,16). The zero-order valence-electron chi connectivity index (χ0n) is 8.37. The van der Waals surface area contributed by atoms with Gasteiger partial charge in [0.15, 0.2) is 0 Å². The highest BCUT2D eigenvalue weighted by molar-refractivity contribution is 6.34. The van der Waals surface area contributed by atoms with E-state index in [2.05, 4.69) is 4.98 Å². The highest BCUT2D eigenvalue weighted by atomic mass is 35.5. The van der Waals surface area contributed by atoms with Crippen LogP contribution in [0.1, 0.15) is 18.9 Å². The molecule has 0 saturated heterocycles. The van der Waals surface area contributed by atoms with Gasteiger partial charge >= 0.3 is 5.69 Å². The van der Waals surface area contributed by atoms with Gasteiger partial charge in [-0.15, -0.1) is 0 Å². The van der Waals surface area contributed by atoms with Crippen molar-refractivity contribution < 1.29 is 0 Å². The molecule has 0 unspecified atom stereocenters. The fourth-order valence-corrected chi connectivity index (χ4v) is 2.10. The topological polar surface area (TPSA) is 54.9 Å². The number of nitrogens with zero attached hydrogens (tertiary/aromatic N) is 1. The molecule has 0 amide bonds. The van der Waals surface area contributed by atoms with E-state index in [0.717, 1.165) is 12.8 Å². The predicted molar refractivity (Wildman–Crippen MR) is 62.1 cm³/mol. The third-order valence-electron chi connectivity index (χ3n) is 2.83. The van der Waals surface area contributed by atoms with Crippen LogP contribution in [0, 0.1) is 0 Å². The smallest absolute Gasteiger partial charge is 0.305 e. The number of fused-ring (bicyclic) bond motifs is 1. The molecule has 16 heavy (non-hydrogen) atoms. The SMILES string of the molecule is O=c1[nH]c2c(Cl)cccc2c(=O)n1C1CC1. The Hall–Kier alpha value is -1.55. The molecule has 4 nitrogen and oxygen atoms in total. The van der Waals surface area contributed by atoms with E-state index < -0.39 is 0 Å². The van der Waals surface area contributed by atoms with Crippen LogP contribution in [0.25, 0.3) is 10.9 Å². The first-order chi connectivity index (χ1) is 7.68. The molecule has 1 saturated carbocycles. The molecule has 0 radical (unpaired) electrons. The number of para-hydroxylation sites is 1. The number of aromatic nitrogens is 2. The summed E-state index contributed by atoms with van der Waals surface area (Å²) in [6.45, 7) is 0. The molecule has 1 aromatic carbocycles. The van der Waals surface area contributed by atoms with Crippen LogP contribution in [-0.2, 0) is 0 Å². The Balaban J connectivity index is 2.48. The van der Waals surface area contributed by atoms with E-state index in [0.29, 0.717) is 15.9 Å². The lowest BCUT2D eigenvalue weighted by molar-refractivity contribution is 0.666. The molecular formula is C11H9ClN2O2. The summed E-state index contributed by atoms with van der Waals surface area (Å²) >= 11 is 5.93. The predicted octanol–water partition coefficient (Wildman–Crippen LogP) is 1.68. The molecule has 1 fully saturated rings. The first-order valence-electron chi connectivity index (χ1n) is 5.11. The molecule has 1 heterocycles. The van der Waals surface area contributed by atoms with Crippen molar-refractivity contribution in [1.82, 2.24) is 9.55 Å². The minimum Gasteiger partial charge on any atom is -0.305 e. The van der Waals surface area contributed by atoms with Crippen LogP contribution < -0.4 is 11.2 Å². The minimum atomic E-state index is -0.368. The van der Waals surface area contributed by atoms with Gasteiger partial charge in [-0.05, 0) is 25.0 Å². The zero-order chi connectivity index (χ0) is 11.3. The Morgan fingerprint density at radius 3 is 2.75 bits per heavy atom. The van der Waals surface area contributed by atoms with Crippen molar-refractivity contribution >= 4 is 22.5 Å². The fraction of sp³-hybridized carbons (Fsp3) is 0.273. The van der Waals surface area contributed by atoms with Crippen molar-refractivity contribution in [3.63, 3.8) is 0 Å². The van der Waals surface area contributed by atoms with E-state index in [1.54, 1.807) is 18.2 Å². The highest BCUT2D eigenvalue weighted by Gasteiger charge is 2.27. The minimum absolute atomic E-state index is 0.0691. The van der Waals surface area contributed by atoms with Crippen LogP contribution >= 0.6 is 11.6 Å². The molecule has 0 bridgehead atoms. The van der Waals surface area contributed by atoms with Gasteiger partial charge in [-0.25, -0.2) is 4.79 Å². The number of aromatic amines is 1. The Morgan fingerprint density at radius 1 is 1.31 bits per heavy atom. The summed E-state index contributed by atoms with van der Waals surface area (Å²) in [5, 5.41) is 0.869. The largest absolute Gasteiger partial charge is 0.329 e. The Labute approximate surface area is 95.5 Å². The van der Waals surface area contributed by atoms with E-state index >= 15 is 0 Å². The van der Waals surface area contributed by atoms with Gasteiger partial charge < -0.3 is 4.98 Å². The normalized spacial score (nSPS) is 15.6. The molecule has 0 aliphatic heterocycles. The van der Waals surface area contributed by atoms with Crippen LogP contribution in [0.4, 0.5) is 0 Å². The molecule has 82 valence electrons. The van der Waals surface area contributed by atoms with E-state index in [1.165, 1.54) is 4.57 Å². The zero-order valence-corrected chi connectivity index (χ0v) is 9.12. The first kappa shape index (κ1) is 9.66. The Morgan fingerprint density at radius 2 is 2.06 bits per heavy atom. The Bertz CT molecular complexity index is 682. The summed E-state index contributed by atoms with van der Waals surface area (Å²) in [6, 6.07) is 5.11. The van der Waals surface area contributed by atoms with Gasteiger partial charge in [0.2, 0.25) is 0 Å². The molecule has 5 heteroatoms.